The Morgan fingerprint density at radius 3 is 1.42 bits per heavy atom. The van der Waals surface area contributed by atoms with Crippen molar-refractivity contribution in [1.29, 1.82) is 0 Å². The van der Waals surface area contributed by atoms with Gasteiger partial charge in [0.2, 0.25) is 0 Å². The van der Waals surface area contributed by atoms with Gasteiger partial charge >= 0.3 is 99.8 Å². The van der Waals surface area contributed by atoms with E-state index >= 15 is 0 Å². The first-order valence-corrected chi connectivity index (χ1v) is 24.5. The van der Waals surface area contributed by atoms with Crippen LogP contribution in [0.2, 0.25) is 0 Å². The Hall–Kier alpha value is -4.04. The monoisotopic (exact) mass is 876 g/mol. The number of rotatable bonds is 3. The molecule has 0 N–H and O–H groups in total. The van der Waals surface area contributed by atoms with Crippen LogP contribution in [0.1, 0.15) is 58.2 Å². The van der Waals surface area contributed by atoms with Gasteiger partial charge in [-0.2, -0.15) is 0 Å². The van der Waals surface area contributed by atoms with E-state index in [-0.39, 0.29) is 35.6 Å². The van der Waals surface area contributed by atoms with Gasteiger partial charge in [0.05, 0.1) is 0 Å². The van der Waals surface area contributed by atoms with Crippen molar-refractivity contribution in [2.45, 2.75) is 59.3 Å². The summed E-state index contributed by atoms with van der Waals surface area (Å²) in [6, 6.07) is 64.1. The Balaban J connectivity index is 0.000000164. The van der Waals surface area contributed by atoms with Gasteiger partial charge in [-0.05, 0) is 34.1 Å². The third-order valence-corrected chi connectivity index (χ3v) is 16.7. The first kappa shape index (κ1) is 44.1. The van der Waals surface area contributed by atoms with Crippen LogP contribution in [0.15, 0.2) is 176 Å². The molecule has 9 rings (SSSR count). The van der Waals surface area contributed by atoms with Crippen LogP contribution in [-0.4, -0.2) is 5.43 Å². The van der Waals surface area contributed by atoms with E-state index in [1.54, 1.807) is 23.3 Å². The van der Waals surface area contributed by atoms with Crippen LogP contribution in [0, 0.1) is 6.92 Å². The number of hydrogen-bond acceptors (Lipinski definition) is 0. The number of aryl methyl sites for hydroxylation is 1. The summed E-state index contributed by atoms with van der Waals surface area (Å²) in [7, 11) is 0. The second-order valence-electron chi connectivity index (χ2n) is 16.7. The normalized spacial score (nSPS) is 11.2. The van der Waals surface area contributed by atoms with Crippen molar-refractivity contribution >= 4 is 83.7 Å². The van der Waals surface area contributed by atoms with Crippen LogP contribution in [0.25, 0.3) is 54.2 Å². The molecule has 0 atom stereocenters. The van der Waals surface area contributed by atoms with Gasteiger partial charge in [-0.3, -0.25) is 0 Å². The van der Waals surface area contributed by atoms with Crippen molar-refractivity contribution in [3.63, 3.8) is 0 Å². The second-order valence-corrected chi connectivity index (χ2v) is 22.3. The van der Waals surface area contributed by atoms with Gasteiger partial charge in [-0.1, -0.05) is 137 Å². The van der Waals surface area contributed by atoms with Crippen LogP contribution < -0.4 is 10.4 Å². The second kappa shape index (κ2) is 18.7. The predicted octanol–water partition coefficient (Wildman–Crippen LogP) is 14.2. The summed E-state index contributed by atoms with van der Waals surface area (Å²) in [5.74, 6) is 0. The Kier molecular flexibility index (Phi) is 14.5. The fourth-order valence-electron chi connectivity index (χ4n) is 7.34. The predicted molar refractivity (Wildman–Crippen MR) is 254 cm³/mol. The molecule has 286 valence electrons. The van der Waals surface area contributed by atoms with Gasteiger partial charge in [-0.15, -0.1) is 99.1 Å². The molecule has 0 radical (unpaired) electrons. The molecule has 0 spiro atoms. The molecule has 9 aromatic rings. The average Bonchev–Trinajstić information content (AvgIpc) is 3.79. The van der Waals surface area contributed by atoms with E-state index in [0.29, 0.717) is 0 Å². The zero-order valence-corrected chi connectivity index (χ0v) is 39.2. The molecule has 0 bridgehead atoms. The van der Waals surface area contributed by atoms with E-state index < -0.39 is 5.43 Å². The molecule has 0 saturated heterocycles. The zero-order valence-electron chi connectivity index (χ0n) is 34.1. The SMILES string of the molecule is CC(C)(C)c1ccc2c(c1)[cH-]c1cc(C(C)(C)C)ccc12.Cc1ccc(-c2cc3ccccc3[cH-]2)c2ccccc12.Cl.Cl.[Zr+2]=[Si](c1ccccc1)c1ccccc1. The molecule has 0 nitrogen and oxygen atoms in total. The molecule has 0 aliphatic heterocycles. The Labute approximate surface area is 367 Å². The third-order valence-electron chi connectivity index (χ3n) is 10.6. The van der Waals surface area contributed by atoms with Gasteiger partial charge in [0.25, 0.3) is 0 Å². The van der Waals surface area contributed by atoms with Crippen molar-refractivity contribution < 1.29 is 23.3 Å². The van der Waals surface area contributed by atoms with Crippen molar-refractivity contribution in [3.05, 3.63) is 193 Å². The van der Waals surface area contributed by atoms with Gasteiger partial charge in [0, 0.05) is 0 Å². The molecular weight excluding hydrogens is 827 g/mol. The van der Waals surface area contributed by atoms with E-state index in [9.17, 15) is 0 Å². The molecule has 0 heterocycles. The first-order chi connectivity index (χ1) is 26.4. The van der Waals surface area contributed by atoms with Crippen LogP contribution in [0.5, 0.6) is 0 Å². The van der Waals surface area contributed by atoms with Crippen LogP contribution in [0.4, 0.5) is 0 Å². The zero-order chi connectivity index (χ0) is 38.7. The molecule has 0 unspecified atom stereocenters. The summed E-state index contributed by atoms with van der Waals surface area (Å²) in [5, 5.41) is 13.8. The van der Waals surface area contributed by atoms with Crippen LogP contribution in [-0.2, 0) is 34.2 Å². The van der Waals surface area contributed by atoms with Crippen molar-refractivity contribution in [2.24, 2.45) is 0 Å². The molecule has 0 saturated carbocycles. The molecule has 0 amide bonds. The summed E-state index contributed by atoms with van der Waals surface area (Å²) in [4.78, 5) is 0. The molecule has 0 fully saturated rings. The summed E-state index contributed by atoms with van der Waals surface area (Å²) in [5.41, 5.74) is 6.72. The van der Waals surface area contributed by atoms with Gasteiger partial charge < -0.3 is 0 Å². The standard InChI is InChI=1S/C21H25.C20H15.C12H10Si.2ClH.Zr/c1-20(2,3)16-7-9-18-14(12-16)11-15-13-17(21(4,5)6)8-10-19(15)18;1-14-10-11-19(20-9-5-4-8-18(14)20)17-12-15-6-2-3-7-16(15)13-17;1-3-7-11(8-4-1)13-12-9-5-2-6-10-12;;;/h7-13H,1-6H3;2-13H,1H3;1-10H;2*1H;/q2*-1;;;;+2. The maximum absolute atomic E-state index is 2.35. The molecule has 0 aliphatic carbocycles. The molecule has 0 aromatic heterocycles. The fraction of sp³-hybridized carbons (Fsp3) is 0.170. The number of benzene rings is 7. The van der Waals surface area contributed by atoms with E-state index in [1.807, 2.05) is 0 Å². The molecule has 4 heteroatoms. The Morgan fingerprint density at radius 2 is 0.912 bits per heavy atom. The van der Waals surface area contributed by atoms with Gasteiger partial charge in [0.15, 0.2) is 0 Å². The quantitative estimate of drug-likeness (QED) is 0.123. The van der Waals surface area contributed by atoms with Crippen LogP contribution in [0.3, 0.4) is 0 Å². The third kappa shape index (κ3) is 10.2. The molecule has 9 aromatic carbocycles. The van der Waals surface area contributed by atoms with Crippen LogP contribution >= 0.6 is 24.8 Å². The van der Waals surface area contributed by atoms with E-state index in [1.165, 1.54) is 81.3 Å². The fourth-order valence-corrected chi connectivity index (χ4v) is 11.2. The number of hydrogen-bond donors (Lipinski definition) is 0. The van der Waals surface area contributed by atoms with Crippen molar-refractivity contribution in [1.82, 2.24) is 0 Å². The first-order valence-electron chi connectivity index (χ1n) is 19.3. The summed E-state index contributed by atoms with van der Waals surface area (Å²) < 4.78 is 0. The molecular formula is C53H52Cl2SiZr. The van der Waals surface area contributed by atoms with Crippen molar-refractivity contribution in [3.8, 4) is 11.1 Å². The summed E-state index contributed by atoms with van der Waals surface area (Å²) >= 11 is 1.64. The summed E-state index contributed by atoms with van der Waals surface area (Å²) in [6.07, 6.45) is 0. The van der Waals surface area contributed by atoms with Gasteiger partial charge in [0.1, 0.15) is 0 Å². The van der Waals surface area contributed by atoms with Gasteiger partial charge in [-0.25, -0.2) is 0 Å². The molecule has 57 heavy (non-hydrogen) atoms. The van der Waals surface area contributed by atoms with E-state index in [0.717, 1.165) is 0 Å². The average molecular weight is 879 g/mol. The Bertz CT molecular complexity index is 2600. The summed E-state index contributed by atoms with van der Waals surface area (Å²) in [6.45, 7) is 15.8. The minimum absolute atomic E-state index is 0. The minimum atomic E-state index is -0.455. The topological polar surface area (TPSA) is 0 Å². The maximum atomic E-state index is 2.35. The Morgan fingerprint density at radius 1 is 0.439 bits per heavy atom. The molecule has 0 aliphatic rings. The van der Waals surface area contributed by atoms with Crippen molar-refractivity contribution in [2.75, 3.05) is 0 Å². The number of halogens is 2. The van der Waals surface area contributed by atoms with E-state index in [2.05, 4.69) is 224 Å². The number of fused-ring (bicyclic) bond motifs is 5. The van der Waals surface area contributed by atoms with E-state index in [4.69, 9.17) is 0 Å².